The molecule has 6 heterocycles. The Balaban J connectivity index is 0.000000270. The van der Waals surface area contributed by atoms with Crippen molar-refractivity contribution in [3.63, 3.8) is 0 Å². The van der Waals surface area contributed by atoms with Crippen LogP contribution in [0.1, 0.15) is 344 Å². The lowest BCUT2D eigenvalue weighted by Gasteiger charge is -2.36. The lowest BCUT2D eigenvalue weighted by molar-refractivity contribution is -0.171. The molecule has 4 atom stereocenters. The number of carbonyl (C=O) groups is 9. The Morgan fingerprint density at radius 2 is 0.694 bits per heavy atom. The van der Waals surface area contributed by atoms with Gasteiger partial charge < -0.3 is 14.7 Å². The first-order valence-corrected chi connectivity index (χ1v) is 56.3. The molecule has 27 heteroatoms. The van der Waals surface area contributed by atoms with Gasteiger partial charge in [-0.2, -0.15) is 30.8 Å². The predicted molar refractivity (Wildman–Crippen MR) is 602 cm³/mol. The SMILES string of the molecule is CCCCC(CC)CN(CC(CC)CCCC)c1nc(-c2c(C)cc(C)cc2C)c(/C=C2\C(=O)N(N(C)C(=O)C(C)(C)C)C(=O)C(C#N)=C2C)s1.CCCCC(CC)CN(CC(CC)CCCC)c1nc(-c2c(C)cc(C)cc2C)c(/C=C2\C(=O)N(N(CCCC)CCCC)C(=O)C(C#N)=C2C)s1.CCCCN(CCCC)c1nc(-c2ccccc2)c(/C=C2\C(=O)N(N(C(C)=O)C(=O)c3ccccc3)C(=O)C(C#N)=C2C)s1. The highest BCUT2D eigenvalue weighted by Crippen LogP contribution is 2.46. The smallest absolute Gasteiger partial charge is 0.291 e. The molecule has 3 aromatic heterocycles. The maximum Gasteiger partial charge on any atom is 0.291 e. The Labute approximate surface area is 889 Å². The van der Waals surface area contributed by atoms with Gasteiger partial charge >= 0.3 is 0 Å². The average Bonchev–Trinajstić information content (AvgIpc) is 1.73. The minimum atomic E-state index is -1.04. The Kier molecular flexibility index (Phi) is 47.6. The van der Waals surface area contributed by atoms with Crippen LogP contribution in [0.2, 0.25) is 0 Å². The van der Waals surface area contributed by atoms with E-state index in [4.69, 9.17) is 15.0 Å². The number of hydrogen-bond acceptors (Lipinski definition) is 22. The number of hydrazine groups is 3. The quantitative estimate of drug-likeness (QED) is 0.0253. The Hall–Kier alpha value is -11.9. The van der Waals surface area contributed by atoms with E-state index in [0.717, 1.165) is 227 Å². The first kappa shape index (κ1) is 120. The van der Waals surface area contributed by atoms with Crippen LogP contribution < -0.4 is 14.7 Å². The standard InChI is InChI=1S/C44H67N5O2S.C42H61N5O3S.C34H35N5O4S/c1-11-17-21-35(15-5)29-47(30-36(16-6)22-18-12-2)44-46-41(40-32(8)25-31(7)26-33(40)9)39(52-44)27-37-34(10)38(28-45)43(51)49(42(37)50)48(23-19-13-3)24-20-14-4;1-13-17-19-31(15-3)25-46(26-32(16-4)20-18-14-2)41-44-37(36-28(6)21-27(5)22-29(36)7)35(51-41)23-33-30(8)34(24-43)39(49)47(38(33)48)45(12)40(50)42(9,10)11;1-5-7-19-37(20-8-6-2)34-36-30(25-15-11-9-12-16-25)29(44-34)21-27-23(3)28(22-35)33(43)39(32(27)42)38(24(4)40)31(41)26-17-13-10-14-18-26/h25-27,35-36H,11-24,29-30H2,1-10H3;21-23,31-32H,13-20,25-26H2,1-12H3;9-18,21H,5-8,19-20H2,1-4H3/b37-27-;33-23-;27-21-. The van der Waals surface area contributed by atoms with Gasteiger partial charge in [-0.3, -0.25) is 43.2 Å². The van der Waals surface area contributed by atoms with Crippen LogP contribution in [0.25, 0.3) is 52.0 Å². The van der Waals surface area contributed by atoms with Gasteiger partial charge in [-0.05, 0) is 207 Å². The van der Waals surface area contributed by atoms with Gasteiger partial charge in [0.1, 0.15) is 34.9 Å². The third kappa shape index (κ3) is 30.7. The van der Waals surface area contributed by atoms with E-state index < -0.39 is 52.7 Å². The van der Waals surface area contributed by atoms with Crippen LogP contribution in [0.5, 0.6) is 0 Å². The number of benzene rings is 4. The number of unbranched alkanes of at least 4 members (excludes halogenated alkanes) is 8. The van der Waals surface area contributed by atoms with Crippen molar-refractivity contribution in [2.24, 2.45) is 29.1 Å². The molecule has 0 saturated carbocycles. The third-order valence-corrected chi connectivity index (χ3v) is 31.2. The van der Waals surface area contributed by atoms with Crippen LogP contribution in [0.3, 0.4) is 0 Å². The fourth-order valence-electron chi connectivity index (χ4n) is 19.3. The van der Waals surface area contributed by atoms with Crippen LogP contribution in [-0.2, 0) is 38.4 Å². The van der Waals surface area contributed by atoms with E-state index in [1.165, 1.54) is 112 Å². The minimum absolute atomic E-state index is 0.0225. The number of imide groups is 4. The molecule has 3 aliphatic rings. The summed E-state index contributed by atoms with van der Waals surface area (Å²) in [6.07, 6.45) is 31.7. The second-order valence-corrected chi connectivity index (χ2v) is 43.8. The van der Waals surface area contributed by atoms with Crippen LogP contribution in [-0.4, -0.2) is 158 Å². The maximum atomic E-state index is 14.5. The Morgan fingerprint density at radius 1 is 0.395 bits per heavy atom. The zero-order chi connectivity index (χ0) is 108. The van der Waals surface area contributed by atoms with Crippen molar-refractivity contribution < 1.29 is 43.2 Å². The summed E-state index contributed by atoms with van der Waals surface area (Å²) in [5.41, 5.74) is 12.4. The molecule has 9 amide bonds. The summed E-state index contributed by atoms with van der Waals surface area (Å²) in [6.45, 7) is 57.1. The van der Waals surface area contributed by atoms with E-state index in [1.807, 2.05) is 53.6 Å². The van der Waals surface area contributed by atoms with E-state index in [9.17, 15) is 58.9 Å². The van der Waals surface area contributed by atoms with Crippen molar-refractivity contribution in [2.45, 2.75) is 327 Å². The molecule has 0 N–H and O–H groups in total. The Morgan fingerprint density at radius 3 is 1.02 bits per heavy atom. The molecule has 0 spiro atoms. The van der Waals surface area contributed by atoms with Gasteiger partial charge in [-0.15, -0.1) is 0 Å². The van der Waals surface area contributed by atoms with Crippen molar-refractivity contribution in [1.29, 1.82) is 15.8 Å². The monoisotopic (exact) mass is 2050 g/mol. The molecular formula is C120H163N15O9S3. The molecule has 790 valence electrons. The van der Waals surface area contributed by atoms with Gasteiger partial charge in [0.2, 0.25) is 11.8 Å². The summed E-state index contributed by atoms with van der Waals surface area (Å²) in [5, 5.41) is 39.1. The lowest BCUT2D eigenvalue weighted by Crippen LogP contribution is -2.57. The zero-order valence-corrected chi connectivity index (χ0v) is 95.3. The summed E-state index contributed by atoms with van der Waals surface area (Å²) < 4.78 is 0. The molecule has 0 saturated heterocycles. The molecule has 24 nitrogen and oxygen atoms in total. The van der Waals surface area contributed by atoms with Crippen LogP contribution >= 0.6 is 34.0 Å². The summed E-state index contributed by atoms with van der Waals surface area (Å²) in [6, 6.07) is 32.3. The fraction of sp³-hybridized carbons (Fsp3) is 0.525. The molecule has 10 rings (SSSR count). The number of thiazole rings is 3. The number of hydrogen-bond donors (Lipinski definition) is 0. The Bertz CT molecular complexity index is 6000. The van der Waals surface area contributed by atoms with E-state index in [-0.39, 0.29) is 44.9 Å². The second kappa shape index (κ2) is 58.1. The summed E-state index contributed by atoms with van der Waals surface area (Å²) in [4.78, 5) is 149. The minimum Gasteiger partial charge on any atom is -0.348 e. The first-order valence-electron chi connectivity index (χ1n) is 53.8. The van der Waals surface area contributed by atoms with Crippen molar-refractivity contribution in [2.75, 3.05) is 74.1 Å². The van der Waals surface area contributed by atoms with Gasteiger partial charge in [-0.1, -0.05) is 325 Å². The van der Waals surface area contributed by atoms with Crippen LogP contribution in [0.4, 0.5) is 15.4 Å². The zero-order valence-electron chi connectivity index (χ0n) is 92.9. The fourth-order valence-corrected chi connectivity index (χ4v) is 22.4. The molecule has 4 aromatic carbocycles. The van der Waals surface area contributed by atoms with E-state index >= 15 is 0 Å². The van der Waals surface area contributed by atoms with E-state index in [0.29, 0.717) is 74.1 Å². The highest BCUT2D eigenvalue weighted by atomic mass is 32.1. The topological polar surface area (TPSA) is 293 Å². The van der Waals surface area contributed by atoms with E-state index in [2.05, 4.69) is 170 Å². The molecule has 0 fully saturated rings. The van der Waals surface area contributed by atoms with Crippen molar-refractivity contribution >= 4 is 121 Å². The first-order chi connectivity index (χ1) is 70.2. The number of aromatic nitrogens is 3. The molecule has 4 unspecified atom stereocenters. The normalized spacial score (nSPS) is 15.2. The summed E-state index contributed by atoms with van der Waals surface area (Å²) in [7, 11) is 1.41. The van der Waals surface area contributed by atoms with E-state index in [1.54, 1.807) is 87.6 Å². The number of nitrogens with zero attached hydrogens (tertiary/aromatic N) is 15. The van der Waals surface area contributed by atoms with Gasteiger partial charge in [0.25, 0.3) is 41.4 Å². The van der Waals surface area contributed by atoms with Gasteiger partial charge in [0, 0.05) is 111 Å². The largest absolute Gasteiger partial charge is 0.348 e. The molecule has 0 aliphatic carbocycles. The van der Waals surface area contributed by atoms with Gasteiger partial charge in [0.15, 0.2) is 15.4 Å². The molecule has 0 bridgehead atoms. The highest BCUT2D eigenvalue weighted by Gasteiger charge is 2.46. The van der Waals surface area contributed by atoms with Gasteiger partial charge in [-0.25, -0.2) is 30.0 Å². The van der Waals surface area contributed by atoms with Crippen molar-refractivity contribution in [3.8, 4) is 52.0 Å². The molecular weight excluding hydrogens is 1890 g/mol. The van der Waals surface area contributed by atoms with Crippen molar-refractivity contribution in [3.05, 3.63) is 189 Å². The van der Waals surface area contributed by atoms with Crippen LogP contribution in [0, 0.1) is 105 Å². The summed E-state index contributed by atoms with van der Waals surface area (Å²) in [5.74, 6) is -4.14. The predicted octanol–water partition coefficient (Wildman–Crippen LogP) is 27.8. The van der Waals surface area contributed by atoms with Crippen molar-refractivity contribution in [1.82, 2.24) is 45.0 Å². The molecule has 7 aromatic rings. The number of amides is 9. The maximum absolute atomic E-state index is 14.5. The average molecular weight is 2060 g/mol. The summed E-state index contributed by atoms with van der Waals surface area (Å²) >= 11 is 4.63. The number of anilines is 3. The molecule has 147 heavy (non-hydrogen) atoms. The lowest BCUT2D eigenvalue weighted by atomic mass is 9.93. The second-order valence-electron chi connectivity index (χ2n) is 40.7. The molecule has 0 radical (unpaired) electrons. The number of aryl methyl sites for hydroxylation is 6. The highest BCUT2D eigenvalue weighted by molar-refractivity contribution is 7.17. The number of rotatable bonds is 49. The van der Waals surface area contributed by atoms with Gasteiger partial charge in [0.05, 0.1) is 31.7 Å². The third-order valence-electron chi connectivity index (χ3n) is 28.0. The number of nitriles is 3. The number of carbonyl (C=O) groups excluding carboxylic acids is 9. The molecule has 3 aliphatic heterocycles. The van der Waals surface area contributed by atoms with Crippen LogP contribution in [0.15, 0.2) is 135 Å².